The number of thiazole rings is 1. The van der Waals surface area contributed by atoms with Crippen molar-refractivity contribution in [3.05, 3.63) is 60.3 Å². The Bertz CT molecular complexity index is 913. The fourth-order valence-corrected chi connectivity index (χ4v) is 3.88. The SMILES string of the molecule is Cc1cc(-c2ncc(-c3ccccc3)s2)cc(S(C)(=O)=O)c1. The minimum absolute atomic E-state index is 0.332. The quantitative estimate of drug-likeness (QED) is 0.724. The summed E-state index contributed by atoms with van der Waals surface area (Å²) >= 11 is 1.56. The van der Waals surface area contributed by atoms with Gasteiger partial charge in [-0.1, -0.05) is 30.3 Å². The van der Waals surface area contributed by atoms with Crippen LogP contribution in [-0.2, 0) is 9.84 Å². The average molecular weight is 329 g/mol. The molecule has 0 radical (unpaired) electrons. The molecule has 0 amide bonds. The van der Waals surface area contributed by atoms with Crippen molar-refractivity contribution in [2.24, 2.45) is 0 Å². The largest absolute Gasteiger partial charge is 0.244 e. The van der Waals surface area contributed by atoms with Gasteiger partial charge in [-0.25, -0.2) is 13.4 Å². The van der Waals surface area contributed by atoms with Crippen molar-refractivity contribution in [1.29, 1.82) is 0 Å². The summed E-state index contributed by atoms with van der Waals surface area (Å²) in [6.45, 7) is 1.89. The standard InChI is InChI=1S/C17H15NO2S2/c1-12-8-14(10-15(9-12)22(2,19)20)17-18-11-16(21-17)13-6-4-3-5-7-13/h3-11H,1-2H3. The molecule has 0 aliphatic rings. The third-order valence-electron chi connectivity index (χ3n) is 3.29. The van der Waals surface area contributed by atoms with Crippen LogP contribution >= 0.6 is 11.3 Å². The maximum Gasteiger partial charge on any atom is 0.175 e. The first kappa shape index (κ1) is 14.9. The molecule has 5 heteroatoms. The van der Waals surface area contributed by atoms with Crippen LogP contribution in [0.4, 0.5) is 0 Å². The third kappa shape index (κ3) is 3.10. The van der Waals surface area contributed by atoms with E-state index >= 15 is 0 Å². The van der Waals surface area contributed by atoms with E-state index in [0.717, 1.165) is 26.6 Å². The summed E-state index contributed by atoms with van der Waals surface area (Å²) in [4.78, 5) is 5.85. The molecule has 0 atom stereocenters. The lowest BCUT2D eigenvalue weighted by atomic mass is 10.1. The zero-order valence-corrected chi connectivity index (χ0v) is 13.9. The Morgan fingerprint density at radius 1 is 1.00 bits per heavy atom. The summed E-state index contributed by atoms with van der Waals surface area (Å²) in [6.07, 6.45) is 3.06. The molecule has 1 heterocycles. The van der Waals surface area contributed by atoms with Gasteiger partial charge < -0.3 is 0 Å². The van der Waals surface area contributed by atoms with Crippen molar-refractivity contribution < 1.29 is 8.42 Å². The molecule has 0 N–H and O–H groups in total. The van der Waals surface area contributed by atoms with Crippen LogP contribution in [-0.4, -0.2) is 19.7 Å². The molecule has 3 nitrogen and oxygen atoms in total. The Morgan fingerprint density at radius 2 is 1.73 bits per heavy atom. The van der Waals surface area contributed by atoms with E-state index in [1.165, 1.54) is 6.26 Å². The van der Waals surface area contributed by atoms with Gasteiger partial charge in [-0.15, -0.1) is 11.3 Å². The van der Waals surface area contributed by atoms with Crippen LogP contribution in [0.15, 0.2) is 59.6 Å². The molecule has 22 heavy (non-hydrogen) atoms. The second-order valence-corrected chi connectivity index (χ2v) is 8.25. The van der Waals surface area contributed by atoms with Crippen molar-refractivity contribution in [2.45, 2.75) is 11.8 Å². The molecule has 0 fully saturated rings. The predicted octanol–water partition coefficient (Wildman–Crippen LogP) is 4.19. The van der Waals surface area contributed by atoms with Crippen molar-refractivity contribution >= 4 is 21.2 Å². The number of rotatable bonds is 3. The van der Waals surface area contributed by atoms with E-state index in [0.29, 0.717) is 4.90 Å². The van der Waals surface area contributed by atoms with Crippen molar-refractivity contribution in [3.8, 4) is 21.0 Å². The lowest BCUT2D eigenvalue weighted by Gasteiger charge is -2.04. The Hall–Kier alpha value is -1.98. The summed E-state index contributed by atoms with van der Waals surface area (Å²) < 4.78 is 23.6. The van der Waals surface area contributed by atoms with Crippen molar-refractivity contribution in [2.75, 3.05) is 6.26 Å². The molecule has 1 aromatic heterocycles. The molecular formula is C17H15NO2S2. The number of benzene rings is 2. The van der Waals surface area contributed by atoms with E-state index in [1.54, 1.807) is 23.5 Å². The first-order chi connectivity index (χ1) is 10.4. The van der Waals surface area contributed by atoms with Gasteiger partial charge in [-0.3, -0.25) is 0 Å². The summed E-state index contributed by atoms with van der Waals surface area (Å²) in [5.74, 6) is 0. The zero-order valence-electron chi connectivity index (χ0n) is 12.3. The highest BCUT2D eigenvalue weighted by Gasteiger charge is 2.12. The summed E-state index contributed by atoms with van der Waals surface area (Å²) in [7, 11) is -3.22. The van der Waals surface area contributed by atoms with E-state index in [2.05, 4.69) is 4.98 Å². The second kappa shape index (κ2) is 5.66. The van der Waals surface area contributed by atoms with Gasteiger partial charge >= 0.3 is 0 Å². The molecule has 0 unspecified atom stereocenters. The number of sulfone groups is 1. The molecule has 3 rings (SSSR count). The Balaban J connectivity index is 2.06. The second-order valence-electron chi connectivity index (χ2n) is 5.20. The number of hydrogen-bond donors (Lipinski definition) is 0. The molecular weight excluding hydrogens is 314 g/mol. The number of hydrogen-bond acceptors (Lipinski definition) is 4. The van der Waals surface area contributed by atoms with Crippen LogP contribution in [0.2, 0.25) is 0 Å². The van der Waals surface area contributed by atoms with Crippen molar-refractivity contribution in [1.82, 2.24) is 4.98 Å². The maximum atomic E-state index is 11.8. The first-order valence-electron chi connectivity index (χ1n) is 6.77. The van der Waals surface area contributed by atoms with Crippen LogP contribution < -0.4 is 0 Å². The van der Waals surface area contributed by atoms with Gasteiger partial charge in [0.2, 0.25) is 0 Å². The number of aromatic nitrogens is 1. The monoisotopic (exact) mass is 329 g/mol. The van der Waals surface area contributed by atoms with Gasteiger partial charge in [-0.2, -0.15) is 0 Å². The van der Waals surface area contributed by atoms with E-state index in [4.69, 9.17) is 0 Å². The van der Waals surface area contributed by atoms with Crippen LogP contribution in [0.25, 0.3) is 21.0 Å². The number of nitrogens with zero attached hydrogens (tertiary/aromatic N) is 1. The van der Waals surface area contributed by atoms with Gasteiger partial charge in [0.05, 0.1) is 9.77 Å². The Kier molecular flexibility index (Phi) is 3.85. The minimum atomic E-state index is -3.22. The molecule has 0 aliphatic heterocycles. The maximum absolute atomic E-state index is 11.8. The topological polar surface area (TPSA) is 47.0 Å². The highest BCUT2D eigenvalue weighted by Crippen LogP contribution is 2.33. The summed E-state index contributed by atoms with van der Waals surface area (Å²) in [5.41, 5.74) is 2.87. The lowest BCUT2D eigenvalue weighted by molar-refractivity contribution is 0.602. The van der Waals surface area contributed by atoms with Gasteiger partial charge in [-0.05, 0) is 36.2 Å². The van der Waals surface area contributed by atoms with E-state index < -0.39 is 9.84 Å². The predicted molar refractivity (Wildman–Crippen MR) is 90.8 cm³/mol. The number of aryl methyl sites for hydroxylation is 1. The van der Waals surface area contributed by atoms with E-state index in [9.17, 15) is 8.42 Å². The van der Waals surface area contributed by atoms with E-state index in [1.807, 2.05) is 49.5 Å². The fraction of sp³-hybridized carbons (Fsp3) is 0.118. The summed E-state index contributed by atoms with van der Waals surface area (Å²) in [6, 6.07) is 15.4. The lowest BCUT2D eigenvalue weighted by Crippen LogP contribution is -1.98. The Labute approximate surface area is 134 Å². The van der Waals surface area contributed by atoms with Gasteiger partial charge in [0.25, 0.3) is 0 Å². The average Bonchev–Trinajstić information content (AvgIpc) is 2.96. The molecule has 0 saturated carbocycles. The third-order valence-corrected chi connectivity index (χ3v) is 5.48. The smallest absolute Gasteiger partial charge is 0.175 e. The van der Waals surface area contributed by atoms with Crippen LogP contribution in [0, 0.1) is 6.92 Å². The first-order valence-corrected chi connectivity index (χ1v) is 9.48. The Morgan fingerprint density at radius 3 is 2.41 bits per heavy atom. The molecule has 2 aromatic carbocycles. The van der Waals surface area contributed by atoms with Crippen LogP contribution in [0.5, 0.6) is 0 Å². The molecule has 0 spiro atoms. The van der Waals surface area contributed by atoms with Gasteiger partial charge in [0.15, 0.2) is 9.84 Å². The van der Waals surface area contributed by atoms with Crippen LogP contribution in [0.3, 0.4) is 0 Å². The molecule has 0 bridgehead atoms. The minimum Gasteiger partial charge on any atom is -0.244 e. The van der Waals surface area contributed by atoms with Gasteiger partial charge in [0, 0.05) is 18.0 Å². The molecule has 112 valence electrons. The normalized spacial score (nSPS) is 11.5. The zero-order chi connectivity index (χ0) is 15.7. The molecule has 0 saturated heterocycles. The summed E-state index contributed by atoms with van der Waals surface area (Å²) in [5, 5.41) is 0.826. The van der Waals surface area contributed by atoms with Gasteiger partial charge in [0.1, 0.15) is 5.01 Å². The highest BCUT2D eigenvalue weighted by molar-refractivity contribution is 7.90. The van der Waals surface area contributed by atoms with Crippen LogP contribution in [0.1, 0.15) is 5.56 Å². The fourth-order valence-electron chi connectivity index (χ4n) is 2.23. The molecule has 3 aromatic rings. The van der Waals surface area contributed by atoms with Crippen molar-refractivity contribution in [3.63, 3.8) is 0 Å². The highest BCUT2D eigenvalue weighted by atomic mass is 32.2. The van der Waals surface area contributed by atoms with E-state index in [-0.39, 0.29) is 0 Å². The molecule has 0 aliphatic carbocycles.